The number of carboxylic acid groups (broad SMARTS) is 1. The summed E-state index contributed by atoms with van der Waals surface area (Å²) in [5.41, 5.74) is 0.771. The Hall–Kier alpha value is -4.44. The van der Waals surface area contributed by atoms with E-state index in [1.165, 1.54) is 20.8 Å². The second-order valence-corrected chi connectivity index (χ2v) is 10.0. The quantitative estimate of drug-likeness (QED) is 0.245. The van der Waals surface area contributed by atoms with Crippen molar-refractivity contribution in [1.82, 2.24) is 9.55 Å². The molecule has 2 aromatic carbocycles. The monoisotopic (exact) mass is 548 g/mol. The third kappa shape index (κ3) is 6.23. The molecule has 0 radical (unpaired) electrons. The van der Waals surface area contributed by atoms with Crippen LogP contribution in [0.4, 0.5) is 0 Å². The van der Waals surface area contributed by atoms with Crippen LogP contribution in [0.5, 0.6) is 0 Å². The highest BCUT2D eigenvalue weighted by Crippen LogP contribution is 2.29. The molecule has 4 rings (SSSR count). The zero-order valence-corrected chi connectivity index (χ0v) is 22.9. The number of rotatable bonds is 11. The van der Waals surface area contributed by atoms with E-state index in [4.69, 9.17) is 13.6 Å². The SMILES string of the molecule is CCCCc1nc(C(C)(C)O)c(C(=O)OCc2oc(=O)oc2C)n1Cc1ccc(-c2ccccc2)c(C(=O)O)c1. The average molecular weight is 549 g/mol. The van der Waals surface area contributed by atoms with Crippen molar-refractivity contribution in [3.63, 3.8) is 0 Å². The number of hydrogen-bond donors (Lipinski definition) is 2. The van der Waals surface area contributed by atoms with Gasteiger partial charge in [-0.1, -0.05) is 55.8 Å². The summed E-state index contributed by atoms with van der Waals surface area (Å²) in [5.74, 6) is -1.94. The van der Waals surface area contributed by atoms with E-state index in [0.717, 1.165) is 18.4 Å². The van der Waals surface area contributed by atoms with E-state index in [-0.39, 0.29) is 41.6 Å². The van der Waals surface area contributed by atoms with Crippen molar-refractivity contribution < 1.29 is 33.4 Å². The number of aromatic nitrogens is 2. The highest BCUT2D eigenvalue weighted by Gasteiger charge is 2.33. The van der Waals surface area contributed by atoms with Crippen LogP contribution < -0.4 is 5.82 Å². The lowest BCUT2D eigenvalue weighted by Gasteiger charge is -2.18. The van der Waals surface area contributed by atoms with E-state index in [9.17, 15) is 24.6 Å². The van der Waals surface area contributed by atoms with Gasteiger partial charge in [0.25, 0.3) is 0 Å². The van der Waals surface area contributed by atoms with E-state index < -0.39 is 23.4 Å². The molecule has 0 saturated heterocycles. The Bertz CT molecular complexity index is 1570. The molecular formula is C30H32N2O8. The van der Waals surface area contributed by atoms with Crippen LogP contribution in [0, 0.1) is 6.92 Å². The van der Waals surface area contributed by atoms with Crippen molar-refractivity contribution in [2.45, 2.75) is 65.7 Å². The minimum atomic E-state index is -1.48. The highest BCUT2D eigenvalue weighted by atomic mass is 16.6. The molecule has 2 heterocycles. The lowest BCUT2D eigenvalue weighted by Crippen LogP contribution is -2.23. The third-order valence-corrected chi connectivity index (χ3v) is 6.48. The number of ether oxygens (including phenoxy) is 1. The number of aryl methyl sites for hydroxylation is 2. The van der Waals surface area contributed by atoms with Gasteiger partial charge in [0, 0.05) is 13.0 Å². The van der Waals surface area contributed by atoms with Crippen LogP contribution in [0.15, 0.2) is 62.2 Å². The van der Waals surface area contributed by atoms with Gasteiger partial charge in [0.2, 0.25) is 0 Å². The number of nitrogens with zero attached hydrogens (tertiary/aromatic N) is 2. The van der Waals surface area contributed by atoms with E-state index in [0.29, 0.717) is 23.4 Å². The van der Waals surface area contributed by atoms with Gasteiger partial charge in [-0.25, -0.2) is 19.4 Å². The Morgan fingerprint density at radius 2 is 1.82 bits per heavy atom. The Kier molecular flexibility index (Phi) is 8.39. The number of benzene rings is 2. The molecule has 2 N–H and O–H groups in total. The number of imidazole rings is 1. The van der Waals surface area contributed by atoms with Crippen LogP contribution in [-0.4, -0.2) is 31.7 Å². The molecule has 0 bridgehead atoms. The summed E-state index contributed by atoms with van der Waals surface area (Å²) in [4.78, 5) is 41.7. The molecule has 0 fully saturated rings. The largest absolute Gasteiger partial charge is 0.519 e. The second-order valence-electron chi connectivity index (χ2n) is 10.0. The molecule has 0 aliphatic heterocycles. The fraction of sp³-hybridized carbons (Fsp3) is 0.333. The van der Waals surface area contributed by atoms with Crippen molar-refractivity contribution in [2.75, 3.05) is 0 Å². The van der Waals surface area contributed by atoms with Gasteiger partial charge in [-0.05, 0) is 49.9 Å². The lowest BCUT2D eigenvalue weighted by atomic mass is 9.97. The minimum Gasteiger partial charge on any atom is -0.478 e. The first-order valence-electron chi connectivity index (χ1n) is 13.0. The first kappa shape index (κ1) is 28.6. The van der Waals surface area contributed by atoms with Crippen molar-refractivity contribution >= 4 is 11.9 Å². The van der Waals surface area contributed by atoms with Gasteiger partial charge in [-0.15, -0.1) is 0 Å². The number of hydrogen-bond acceptors (Lipinski definition) is 8. The highest BCUT2D eigenvalue weighted by molar-refractivity contribution is 5.96. The minimum absolute atomic E-state index is 0.0334. The Labute approximate surface area is 230 Å². The summed E-state index contributed by atoms with van der Waals surface area (Å²) in [7, 11) is 0. The predicted octanol–water partition coefficient (Wildman–Crippen LogP) is 5.08. The maximum absolute atomic E-state index is 13.5. The number of carboxylic acids is 1. The second kappa shape index (κ2) is 11.7. The van der Waals surface area contributed by atoms with Crippen LogP contribution in [0.3, 0.4) is 0 Å². The molecule has 10 heteroatoms. The summed E-state index contributed by atoms with van der Waals surface area (Å²) >= 11 is 0. The Morgan fingerprint density at radius 1 is 1.10 bits per heavy atom. The summed E-state index contributed by atoms with van der Waals surface area (Å²) in [6, 6.07) is 14.4. The molecule has 0 amide bonds. The van der Waals surface area contributed by atoms with Crippen LogP contribution >= 0.6 is 0 Å². The zero-order chi connectivity index (χ0) is 29.0. The number of carbonyl (C=O) groups excluding carboxylic acids is 1. The van der Waals surface area contributed by atoms with Crippen LogP contribution in [0.2, 0.25) is 0 Å². The van der Waals surface area contributed by atoms with E-state index in [1.807, 2.05) is 37.3 Å². The van der Waals surface area contributed by atoms with Crippen LogP contribution in [-0.2, 0) is 29.9 Å². The molecule has 0 aliphatic carbocycles. The molecular weight excluding hydrogens is 516 g/mol. The van der Waals surface area contributed by atoms with Crippen molar-refractivity contribution in [3.8, 4) is 11.1 Å². The molecule has 0 spiro atoms. The first-order valence-corrected chi connectivity index (χ1v) is 13.0. The van der Waals surface area contributed by atoms with Crippen LogP contribution in [0.25, 0.3) is 11.1 Å². The van der Waals surface area contributed by atoms with Crippen LogP contribution in [0.1, 0.15) is 83.1 Å². The normalized spacial score (nSPS) is 11.5. The summed E-state index contributed by atoms with van der Waals surface area (Å²) < 4.78 is 16.9. The van der Waals surface area contributed by atoms with Gasteiger partial charge in [0.05, 0.1) is 5.56 Å². The number of aromatic carboxylic acids is 1. The molecule has 4 aromatic rings. The maximum atomic E-state index is 13.5. The van der Waals surface area contributed by atoms with Crippen molar-refractivity contribution in [2.24, 2.45) is 0 Å². The third-order valence-electron chi connectivity index (χ3n) is 6.48. The molecule has 0 aliphatic rings. The number of aliphatic hydroxyl groups is 1. The fourth-order valence-electron chi connectivity index (χ4n) is 4.45. The smallest absolute Gasteiger partial charge is 0.478 e. The summed E-state index contributed by atoms with van der Waals surface area (Å²) in [5, 5.41) is 20.9. The molecule has 40 heavy (non-hydrogen) atoms. The first-order chi connectivity index (χ1) is 19.0. The maximum Gasteiger partial charge on any atom is 0.519 e. The number of carbonyl (C=O) groups is 2. The average Bonchev–Trinajstić information content (AvgIpc) is 3.44. The fourth-order valence-corrected chi connectivity index (χ4v) is 4.45. The van der Waals surface area contributed by atoms with Gasteiger partial charge in [0.15, 0.2) is 23.8 Å². The van der Waals surface area contributed by atoms with Gasteiger partial charge in [0.1, 0.15) is 17.1 Å². The lowest BCUT2D eigenvalue weighted by molar-refractivity contribution is 0.0395. The van der Waals surface area contributed by atoms with Crippen molar-refractivity contribution in [3.05, 3.63) is 99.0 Å². The molecule has 2 aromatic heterocycles. The van der Waals surface area contributed by atoms with Gasteiger partial charge < -0.3 is 28.4 Å². The molecule has 10 nitrogen and oxygen atoms in total. The molecule has 0 saturated carbocycles. The van der Waals surface area contributed by atoms with E-state index in [2.05, 4.69) is 4.98 Å². The molecule has 210 valence electrons. The standard InChI is InChI=1S/C30H32N2O8/c1-5-6-12-24-31-26(30(3,4)37)25(28(35)38-17-23-18(2)39-29(36)40-23)32(24)16-19-13-14-21(22(15-19)27(33)34)20-10-8-7-9-11-20/h7-11,13-15,37H,5-6,12,16-17H2,1-4H3,(H,33,34). The number of unbranched alkanes of at least 4 members (excludes halogenated alkanes) is 1. The number of esters is 1. The Balaban J connectivity index is 1.78. The molecule has 0 atom stereocenters. The summed E-state index contributed by atoms with van der Waals surface area (Å²) in [6.45, 7) is 6.35. The van der Waals surface area contributed by atoms with Gasteiger partial charge in [-0.3, -0.25) is 0 Å². The van der Waals surface area contributed by atoms with Gasteiger partial charge >= 0.3 is 17.8 Å². The topological polar surface area (TPSA) is 145 Å². The predicted molar refractivity (Wildman–Crippen MR) is 145 cm³/mol. The Morgan fingerprint density at radius 3 is 2.42 bits per heavy atom. The van der Waals surface area contributed by atoms with E-state index in [1.54, 1.807) is 22.8 Å². The summed E-state index contributed by atoms with van der Waals surface area (Å²) in [6.07, 6.45) is 2.18. The molecule has 0 unspecified atom stereocenters. The zero-order valence-electron chi connectivity index (χ0n) is 22.9. The van der Waals surface area contributed by atoms with E-state index >= 15 is 0 Å². The van der Waals surface area contributed by atoms with Crippen molar-refractivity contribution in [1.29, 1.82) is 0 Å². The van der Waals surface area contributed by atoms with Gasteiger partial charge in [-0.2, -0.15) is 0 Å².